The van der Waals surface area contributed by atoms with Crippen LogP contribution in [0.4, 0.5) is 0 Å². The van der Waals surface area contributed by atoms with E-state index in [0.29, 0.717) is 13.2 Å². The minimum Gasteiger partial charge on any atom is -0.465 e. The molecule has 0 atom stereocenters. The van der Waals surface area contributed by atoms with Gasteiger partial charge in [0, 0.05) is 6.54 Å². The molecular weight excluding hydrogens is 206 g/mol. The number of aliphatic hydroxyl groups is 1. The van der Waals surface area contributed by atoms with Crippen molar-refractivity contribution >= 4 is 0 Å². The van der Waals surface area contributed by atoms with Gasteiger partial charge in [-0.1, -0.05) is 0 Å². The van der Waals surface area contributed by atoms with Crippen LogP contribution < -0.4 is 0 Å². The van der Waals surface area contributed by atoms with E-state index >= 15 is 0 Å². The lowest BCUT2D eigenvalue weighted by Crippen LogP contribution is -2.52. The molecule has 0 bridgehead atoms. The van der Waals surface area contributed by atoms with Crippen molar-refractivity contribution in [3.8, 4) is 0 Å². The highest BCUT2D eigenvalue weighted by molar-refractivity contribution is 5.05. The Hall–Kier alpha value is -0.840. The highest BCUT2D eigenvalue weighted by atomic mass is 16.5. The summed E-state index contributed by atoms with van der Waals surface area (Å²) < 4.78 is 10.7. The van der Waals surface area contributed by atoms with E-state index in [1.54, 1.807) is 0 Å². The van der Waals surface area contributed by atoms with Gasteiger partial charge in [-0.2, -0.15) is 0 Å². The van der Waals surface area contributed by atoms with Gasteiger partial charge in [-0.25, -0.2) is 0 Å². The van der Waals surface area contributed by atoms with E-state index in [4.69, 9.17) is 9.15 Å². The number of ether oxygens (including phenoxy) is 1. The zero-order chi connectivity index (χ0) is 11.6. The van der Waals surface area contributed by atoms with Crippen LogP contribution in [0.15, 0.2) is 16.5 Å². The Morgan fingerprint density at radius 1 is 1.44 bits per heavy atom. The zero-order valence-corrected chi connectivity index (χ0v) is 9.90. The highest BCUT2D eigenvalue weighted by Crippen LogP contribution is 2.28. The summed E-state index contributed by atoms with van der Waals surface area (Å²) in [5.74, 6) is 1.90. The minimum absolute atomic E-state index is 0.0591. The number of rotatable bonds is 5. The quantitative estimate of drug-likeness (QED) is 0.813. The maximum absolute atomic E-state index is 9.33. The number of aliphatic hydroxyl groups excluding tert-OH is 1. The molecule has 1 aromatic rings. The van der Waals surface area contributed by atoms with Crippen LogP contribution in [0.5, 0.6) is 0 Å². The molecule has 0 aromatic carbocycles. The number of nitrogens with zero attached hydrogens (tertiary/aromatic N) is 1. The summed E-state index contributed by atoms with van der Waals surface area (Å²) in [5.41, 5.74) is -0.0591. The van der Waals surface area contributed by atoms with Crippen LogP contribution in [0.25, 0.3) is 0 Å². The van der Waals surface area contributed by atoms with Gasteiger partial charge in [-0.3, -0.25) is 4.90 Å². The van der Waals surface area contributed by atoms with Gasteiger partial charge in [0.1, 0.15) is 11.5 Å². The summed E-state index contributed by atoms with van der Waals surface area (Å²) in [6.07, 6.45) is 0. The third-order valence-electron chi connectivity index (χ3n) is 2.98. The van der Waals surface area contributed by atoms with Crippen LogP contribution in [-0.2, 0) is 11.3 Å². The summed E-state index contributed by atoms with van der Waals surface area (Å²) in [6, 6.07) is 3.96. The smallest absolute Gasteiger partial charge is 0.118 e. The fourth-order valence-electron chi connectivity index (χ4n) is 2.09. The summed E-state index contributed by atoms with van der Waals surface area (Å²) >= 11 is 0. The van der Waals surface area contributed by atoms with Crippen LogP contribution in [0.2, 0.25) is 0 Å². The molecule has 1 aromatic heterocycles. The molecule has 0 spiro atoms. The van der Waals surface area contributed by atoms with E-state index in [9.17, 15) is 5.11 Å². The van der Waals surface area contributed by atoms with Crippen molar-refractivity contribution in [3.05, 3.63) is 23.7 Å². The molecule has 1 N–H and O–H groups in total. The van der Waals surface area contributed by atoms with Gasteiger partial charge in [0.2, 0.25) is 0 Å². The molecule has 0 aliphatic carbocycles. The predicted molar refractivity (Wildman–Crippen MR) is 60.1 cm³/mol. The normalized spacial score (nSPS) is 18.8. The molecule has 2 heterocycles. The molecule has 1 fully saturated rings. The topological polar surface area (TPSA) is 45.8 Å². The van der Waals surface area contributed by atoms with Gasteiger partial charge in [-0.15, -0.1) is 0 Å². The molecule has 0 saturated carbocycles. The maximum atomic E-state index is 9.33. The van der Waals surface area contributed by atoms with Gasteiger partial charge >= 0.3 is 0 Å². The fourth-order valence-corrected chi connectivity index (χ4v) is 2.09. The second-order valence-electron chi connectivity index (χ2n) is 4.84. The first-order chi connectivity index (χ1) is 7.63. The Labute approximate surface area is 95.8 Å². The maximum Gasteiger partial charge on any atom is 0.118 e. The van der Waals surface area contributed by atoms with Crippen LogP contribution >= 0.6 is 0 Å². The first kappa shape index (κ1) is 11.6. The number of aryl methyl sites for hydroxylation is 1. The average Bonchev–Trinajstić information content (AvgIpc) is 2.57. The summed E-state index contributed by atoms with van der Waals surface area (Å²) in [4.78, 5) is 2.16. The molecule has 16 heavy (non-hydrogen) atoms. The first-order valence-electron chi connectivity index (χ1n) is 5.56. The Balaban J connectivity index is 1.86. The lowest BCUT2D eigenvalue weighted by molar-refractivity contribution is -0.147. The second kappa shape index (κ2) is 4.57. The molecule has 2 rings (SSSR count). The predicted octanol–water partition coefficient (Wildman–Crippen LogP) is 1.03. The fraction of sp³-hybridized carbons (Fsp3) is 0.667. The standard InChI is InChI=1S/C12H19NO3/c1-10-3-4-11(16-10)5-13(2)6-12(7-14)8-15-9-12/h3-4,14H,5-9H2,1-2H3. The molecule has 90 valence electrons. The molecule has 1 aliphatic heterocycles. The third-order valence-corrected chi connectivity index (χ3v) is 2.98. The first-order valence-corrected chi connectivity index (χ1v) is 5.56. The molecule has 4 nitrogen and oxygen atoms in total. The van der Waals surface area contributed by atoms with E-state index in [-0.39, 0.29) is 12.0 Å². The van der Waals surface area contributed by atoms with Gasteiger partial charge in [-0.05, 0) is 26.1 Å². The van der Waals surface area contributed by atoms with Gasteiger partial charge in [0.15, 0.2) is 0 Å². The zero-order valence-electron chi connectivity index (χ0n) is 9.90. The number of hydrogen-bond acceptors (Lipinski definition) is 4. The largest absolute Gasteiger partial charge is 0.465 e. The van der Waals surface area contributed by atoms with E-state index in [1.807, 2.05) is 26.1 Å². The molecule has 0 radical (unpaired) electrons. The lowest BCUT2D eigenvalue weighted by Gasteiger charge is -2.42. The minimum atomic E-state index is -0.0591. The van der Waals surface area contributed by atoms with Crippen molar-refractivity contribution in [1.82, 2.24) is 4.90 Å². The van der Waals surface area contributed by atoms with Crippen LogP contribution in [-0.4, -0.2) is 43.4 Å². The molecule has 4 heteroatoms. The van der Waals surface area contributed by atoms with Crippen molar-refractivity contribution in [2.24, 2.45) is 5.41 Å². The van der Waals surface area contributed by atoms with E-state index in [1.165, 1.54) is 0 Å². The van der Waals surface area contributed by atoms with Crippen molar-refractivity contribution < 1.29 is 14.3 Å². The molecule has 1 aliphatic rings. The van der Waals surface area contributed by atoms with Gasteiger partial charge in [0.25, 0.3) is 0 Å². The lowest BCUT2D eigenvalue weighted by atomic mass is 9.86. The number of furan rings is 1. The Kier molecular flexibility index (Phi) is 3.33. The van der Waals surface area contributed by atoms with Crippen molar-refractivity contribution in [2.75, 3.05) is 33.4 Å². The summed E-state index contributed by atoms with van der Waals surface area (Å²) in [6.45, 7) is 5.06. The Bertz CT molecular complexity index is 338. The van der Waals surface area contributed by atoms with Gasteiger partial charge < -0.3 is 14.3 Å². The van der Waals surface area contributed by atoms with Crippen molar-refractivity contribution in [1.29, 1.82) is 0 Å². The van der Waals surface area contributed by atoms with Crippen LogP contribution in [0.1, 0.15) is 11.5 Å². The molecule has 1 saturated heterocycles. The third kappa shape index (κ3) is 2.45. The van der Waals surface area contributed by atoms with Crippen LogP contribution in [0, 0.1) is 12.3 Å². The summed E-state index contributed by atoms with van der Waals surface area (Å²) in [5, 5.41) is 9.33. The Morgan fingerprint density at radius 3 is 2.62 bits per heavy atom. The molecule has 0 amide bonds. The molecule has 0 unspecified atom stereocenters. The summed E-state index contributed by atoms with van der Waals surface area (Å²) in [7, 11) is 2.04. The Morgan fingerprint density at radius 2 is 2.19 bits per heavy atom. The van der Waals surface area contributed by atoms with E-state index < -0.39 is 0 Å². The van der Waals surface area contributed by atoms with E-state index in [0.717, 1.165) is 24.6 Å². The van der Waals surface area contributed by atoms with Gasteiger partial charge in [0.05, 0.1) is 31.8 Å². The number of hydrogen-bond donors (Lipinski definition) is 1. The van der Waals surface area contributed by atoms with Crippen molar-refractivity contribution in [3.63, 3.8) is 0 Å². The average molecular weight is 225 g/mol. The molecular formula is C12H19NO3. The second-order valence-corrected chi connectivity index (χ2v) is 4.84. The van der Waals surface area contributed by atoms with Crippen molar-refractivity contribution in [2.45, 2.75) is 13.5 Å². The monoisotopic (exact) mass is 225 g/mol. The van der Waals surface area contributed by atoms with E-state index in [2.05, 4.69) is 4.90 Å². The SMILES string of the molecule is Cc1ccc(CN(C)CC2(CO)COC2)o1. The van der Waals surface area contributed by atoms with Crippen LogP contribution in [0.3, 0.4) is 0 Å². The highest BCUT2D eigenvalue weighted by Gasteiger charge is 2.38.